The second-order valence-corrected chi connectivity index (χ2v) is 6.34. The van der Waals surface area contributed by atoms with Gasteiger partial charge in [-0.1, -0.05) is 18.2 Å². The zero-order valence-corrected chi connectivity index (χ0v) is 15.4. The zero-order valence-electron chi connectivity index (χ0n) is 15.4. The molecule has 0 bridgehead atoms. The largest absolute Gasteiger partial charge is 0.348 e. The van der Waals surface area contributed by atoms with Crippen molar-refractivity contribution in [2.24, 2.45) is 0 Å². The summed E-state index contributed by atoms with van der Waals surface area (Å²) < 4.78 is 1.85. The number of benzene rings is 2. The van der Waals surface area contributed by atoms with Gasteiger partial charge in [0.1, 0.15) is 0 Å². The van der Waals surface area contributed by atoms with Gasteiger partial charge in [0, 0.05) is 35.0 Å². The van der Waals surface area contributed by atoms with Crippen LogP contribution < -0.4 is 5.32 Å². The Hall–Kier alpha value is -3.48. The average Bonchev–Trinajstić information content (AvgIpc) is 2.94. The maximum Gasteiger partial charge on any atom is 0.272 e. The first-order valence-electron chi connectivity index (χ1n) is 8.52. The minimum absolute atomic E-state index is 0.00220. The van der Waals surface area contributed by atoms with Gasteiger partial charge in [-0.3, -0.25) is 14.9 Å². The SMILES string of the molecule is Cc1cc(C(=O)NCc2c(C)nn(-c3ccccc3)c2C)ccc1[N+](=O)[O-]. The number of hydrogen-bond donors (Lipinski definition) is 1. The minimum Gasteiger partial charge on any atom is -0.348 e. The van der Waals surface area contributed by atoms with E-state index in [4.69, 9.17) is 0 Å². The van der Waals surface area contributed by atoms with E-state index in [0.29, 0.717) is 17.7 Å². The third-order valence-corrected chi connectivity index (χ3v) is 4.52. The Morgan fingerprint density at radius 3 is 2.48 bits per heavy atom. The Labute approximate surface area is 156 Å². The third kappa shape index (κ3) is 3.72. The number of nitro benzene ring substituents is 1. The Morgan fingerprint density at radius 1 is 1.15 bits per heavy atom. The summed E-state index contributed by atoms with van der Waals surface area (Å²) in [6.45, 7) is 5.82. The lowest BCUT2D eigenvalue weighted by Crippen LogP contribution is -2.23. The van der Waals surface area contributed by atoms with Crippen LogP contribution >= 0.6 is 0 Å². The maximum absolute atomic E-state index is 12.4. The van der Waals surface area contributed by atoms with Crippen LogP contribution in [0.3, 0.4) is 0 Å². The van der Waals surface area contributed by atoms with Crippen LogP contribution in [0.15, 0.2) is 48.5 Å². The van der Waals surface area contributed by atoms with Crippen molar-refractivity contribution in [3.63, 3.8) is 0 Å². The monoisotopic (exact) mass is 364 g/mol. The number of aryl methyl sites for hydroxylation is 2. The van der Waals surface area contributed by atoms with E-state index in [2.05, 4.69) is 10.4 Å². The van der Waals surface area contributed by atoms with Crippen LogP contribution in [-0.4, -0.2) is 20.6 Å². The Balaban J connectivity index is 1.77. The molecule has 1 heterocycles. The molecule has 0 unspecified atom stereocenters. The molecule has 7 heteroatoms. The van der Waals surface area contributed by atoms with E-state index in [1.54, 1.807) is 6.92 Å². The first-order valence-corrected chi connectivity index (χ1v) is 8.52. The van der Waals surface area contributed by atoms with Crippen LogP contribution in [0, 0.1) is 30.9 Å². The van der Waals surface area contributed by atoms with Gasteiger partial charge in [-0.2, -0.15) is 5.10 Å². The number of amides is 1. The molecular formula is C20H20N4O3. The molecule has 1 N–H and O–H groups in total. The molecule has 27 heavy (non-hydrogen) atoms. The van der Waals surface area contributed by atoms with Crippen LogP contribution in [-0.2, 0) is 6.54 Å². The van der Waals surface area contributed by atoms with E-state index in [1.165, 1.54) is 18.2 Å². The summed E-state index contributed by atoms with van der Waals surface area (Å²) >= 11 is 0. The van der Waals surface area contributed by atoms with Crippen molar-refractivity contribution in [2.45, 2.75) is 27.3 Å². The van der Waals surface area contributed by atoms with Gasteiger partial charge in [0.25, 0.3) is 11.6 Å². The highest BCUT2D eigenvalue weighted by Crippen LogP contribution is 2.20. The molecule has 0 aliphatic heterocycles. The van der Waals surface area contributed by atoms with Crippen molar-refractivity contribution in [3.05, 3.63) is 86.7 Å². The molecule has 1 aromatic heterocycles. The van der Waals surface area contributed by atoms with Crippen LogP contribution in [0.2, 0.25) is 0 Å². The Bertz CT molecular complexity index is 1010. The second kappa shape index (κ2) is 7.41. The number of carbonyl (C=O) groups is 1. The molecule has 3 aromatic rings. The molecule has 0 atom stereocenters. The fourth-order valence-corrected chi connectivity index (χ4v) is 3.02. The fraction of sp³-hybridized carbons (Fsp3) is 0.200. The van der Waals surface area contributed by atoms with Crippen molar-refractivity contribution in [3.8, 4) is 5.69 Å². The summed E-state index contributed by atoms with van der Waals surface area (Å²) in [5, 5.41) is 18.3. The molecule has 0 aliphatic carbocycles. The van der Waals surface area contributed by atoms with Gasteiger partial charge in [-0.25, -0.2) is 4.68 Å². The molecule has 1 amide bonds. The number of para-hydroxylation sites is 1. The van der Waals surface area contributed by atoms with Crippen molar-refractivity contribution >= 4 is 11.6 Å². The van der Waals surface area contributed by atoms with Crippen LogP contribution in [0.5, 0.6) is 0 Å². The first kappa shape index (κ1) is 18.3. The number of rotatable bonds is 5. The Kier molecular flexibility index (Phi) is 5.03. The lowest BCUT2D eigenvalue weighted by molar-refractivity contribution is -0.385. The predicted molar refractivity (Wildman–Crippen MR) is 102 cm³/mol. The van der Waals surface area contributed by atoms with E-state index in [1.807, 2.05) is 48.9 Å². The molecule has 0 spiro atoms. The van der Waals surface area contributed by atoms with E-state index in [0.717, 1.165) is 22.6 Å². The third-order valence-electron chi connectivity index (χ3n) is 4.52. The van der Waals surface area contributed by atoms with Gasteiger partial charge in [0.2, 0.25) is 0 Å². The minimum atomic E-state index is -0.457. The summed E-state index contributed by atoms with van der Waals surface area (Å²) in [4.78, 5) is 22.9. The molecule has 3 rings (SSSR count). The molecule has 0 fully saturated rings. The number of nitrogens with one attached hydrogen (secondary N) is 1. The number of nitro groups is 1. The van der Waals surface area contributed by atoms with Crippen LogP contribution in [0.4, 0.5) is 5.69 Å². The van der Waals surface area contributed by atoms with Crippen molar-refractivity contribution in [1.82, 2.24) is 15.1 Å². The second-order valence-electron chi connectivity index (χ2n) is 6.34. The normalized spacial score (nSPS) is 10.6. The molecule has 0 radical (unpaired) electrons. The smallest absolute Gasteiger partial charge is 0.272 e. The lowest BCUT2D eigenvalue weighted by Gasteiger charge is -2.08. The quantitative estimate of drug-likeness (QED) is 0.553. The average molecular weight is 364 g/mol. The summed E-state index contributed by atoms with van der Waals surface area (Å²) in [6.07, 6.45) is 0. The summed E-state index contributed by atoms with van der Waals surface area (Å²) in [5.41, 5.74) is 4.56. The number of nitrogens with zero attached hydrogens (tertiary/aromatic N) is 3. The number of aromatic nitrogens is 2. The highest BCUT2D eigenvalue weighted by atomic mass is 16.6. The topological polar surface area (TPSA) is 90.1 Å². The maximum atomic E-state index is 12.4. The van der Waals surface area contributed by atoms with Crippen molar-refractivity contribution < 1.29 is 9.72 Å². The highest BCUT2D eigenvalue weighted by molar-refractivity contribution is 5.94. The molecule has 0 aliphatic rings. The Morgan fingerprint density at radius 2 is 1.85 bits per heavy atom. The van der Waals surface area contributed by atoms with Crippen molar-refractivity contribution in [2.75, 3.05) is 0 Å². The molecular weight excluding hydrogens is 344 g/mol. The fourth-order valence-electron chi connectivity index (χ4n) is 3.02. The number of carbonyl (C=O) groups excluding carboxylic acids is 1. The predicted octanol–water partition coefficient (Wildman–Crippen LogP) is 3.64. The molecule has 0 saturated carbocycles. The molecule has 0 saturated heterocycles. The lowest BCUT2D eigenvalue weighted by atomic mass is 10.1. The zero-order chi connectivity index (χ0) is 19.6. The van der Waals surface area contributed by atoms with E-state index in [9.17, 15) is 14.9 Å². The molecule has 7 nitrogen and oxygen atoms in total. The van der Waals surface area contributed by atoms with Gasteiger partial charge in [-0.15, -0.1) is 0 Å². The summed E-state index contributed by atoms with van der Waals surface area (Å²) in [7, 11) is 0. The molecule has 138 valence electrons. The van der Waals surface area contributed by atoms with Gasteiger partial charge in [0.15, 0.2) is 0 Å². The van der Waals surface area contributed by atoms with Gasteiger partial charge >= 0.3 is 0 Å². The van der Waals surface area contributed by atoms with Crippen molar-refractivity contribution in [1.29, 1.82) is 0 Å². The van der Waals surface area contributed by atoms with Gasteiger partial charge < -0.3 is 5.32 Å². The van der Waals surface area contributed by atoms with Gasteiger partial charge in [0.05, 0.1) is 16.3 Å². The standard InChI is InChI=1S/C20H20N4O3/c1-13-11-16(9-10-19(13)24(26)27)20(25)21-12-18-14(2)22-23(15(18)3)17-7-5-4-6-8-17/h4-11H,12H2,1-3H3,(H,21,25). The summed E-state index contributed by atoms with van der Waals surface area (Å²) in [5.74, 6) is -0.278. The number of hydrogen-bond acceptors (Lipinski definition) is 4. The van der Waals surface area contributed by atoms with E-state index >= 15 is 0 Å². The van der Waals surface area contributed by atoms with Gasteiger partial charge in [-0.05, 0) is 45.0 Å². The molecule has 2 aromatic carbocycles. The first-order chi connectivity index (χ1) is 12.9. The van der Waals surface area contributed by atoms with E-state index in [-0.39, 0.29) is 11.6 Å². The highest BCUT2D eigenvalue weighted by Gasteiger charge is 2.16. The van der Waals surface area contributed by atoms with Crippen LogP contribution in [0.1, 0.15) is 32.9 Å². The van der Waals surface area contributed by atoms with Crippen LogP contribution in [0.25, 0.3) is 5.69 Å². The summed E-state index contributed by atoms with van der Waals surface area (Å²) in [6, 6.07) is 14.1. The van der Waals surface area contributed by atoms with E-state index < -0.39 is 4.92 Å².